The molecule has 0 atom stereocenters. The maximum atomic E-state index is 12.3. The number of rotatable bonds is 5. The van der Waals surface area contributed by atoms with Crippen molar-refractivity contribution in [1.29, 1.82) is 0 Å². The number of nitrogens with one attached hydrogen (secondary N) is 1. The van der Waals surface area contributed by atoms with Crippen molar-refractivity contribution in [2.75, 3.05) is 11.9 Å². The maximum Gasteiger partial charge on any atom is 0.338 e. The quantitative estimate of drug-likeness (QED) is 0.706. The van der Waals surface area contributed by atoms with Crippen LogP contribution >= 0.6 is 0 Å². The zero-order chi connectivity index (χ0) is 18.7. The second kappa shape index (κ2) is 7.39. The molecule has 6 nitrogen and oxygen atoms in total. The highest BCUT2D eigenvalue weighted by Crippen LogP contribution is 2.23. The monoisotopic (exact) mass is 352 g/mol. The first-order valence-corrected chi connectivity index (χ1v) is 8.40. The van der Waals surface area contributed by atoms with Crippen LogP contribution in [0.2, 0.25) is 0 Å². The van der Waals surface area contributed by atoms with Gasteiger partial charge in [-0.15, -0.1) is 0 Å². The topological polar surface area (TPSA) is 81.4 Å². The average molecular weight is 352 g/mol. The SMILES string of the molecule is CCOC(=O)c1ccc(NC(=O)Cc2noc3cc(C)c(C)cc23)cc1. The summed E-state index contributed by atoms with van der Waals surface area (Å²) >= 11 is 0. The van der Waals surface area contributed by atoms with Crippen LogP contribution in [0, 0.1) is 13.8 Å². The number of esters is 1. The van der Waals surface area contributed by atoms with Crippen molar-refractivity contribution >= 4 is 28.5 Å². The van der Waals surface area contributed by atoms with Crippen LogP contribution in [0.4, 0.5) is 5.69 Å². The van der Waals surface area contributed by atoms with Gasteiger partial charge in [0.15, 0.2) is 5.58 Å². The van der Waals surface area contributed by atoms with E-state index in [-0.39, 0.29) is 18.3 Å². The molecule has 0 saturated carbocycles. The van der Waals surface area contributed by atoms with Crippen LogP contribution in [0.3, 0.4) is 0 Å². The number of aromatic nitrogens is 1. The predicted molar refractivity (Wildman–Crippen MR) is 98.2 cm³/mol. The zero-order valence-corrected chi connectivity index (χ0v) is 15.0. The molecule has 0 radical (unpaired) electrons. The zero-order valence-electron chi connectivity index (χ0n) is 15.0. The van der Waals surface area contributed by atoms with Crippen LogP contribution in [-0.4, -0.2) is 23.6 Å². The molecule has 2 aromatic carbocycles. The Bertz CT molecular complexity index is 958. The van der Waals surface area contributed by atoms with Crippen LogP contribution in [0.1, 0.15) is 34.1 Å². The minimum atomic E-state index is -0.384. The number of amides is 1. The highest BCUT2D eigenvalue weighted by molar-refractivity contribution is 5.95. The van der Waals surface area contributed by atoms with Gasteiger partial charge in [-0.2, -0.15) is 0 Å². The summed E-state index contributed by atoms with van der Waals surface area (Å²) in [6.07, 6.45) is 0.106. The van der Waals surface area contributed by atoms with Gasteiger partial charge in [0.1, 0.15) is 5.69 Å². The number of fused-ring (bicyclic) bond motifs is 1. The number of aryl methyl sites for hydroxylation is 2. The lowest BCUT2D eigenvalue weighted by atomic mass is 10.1. The Morgan fingerprint density at radius 1 is 1.12 bits per heavy atom. The molecule has 0 aliphatic heterocycles. The average Bonchev–Trinajstić information content (AvgIpc) is 2.98. The fourth-order valence-corrected chi connectivity index (χ4v) is 2.63. The number of anilines is 1. The van der Waals surface area contributed by atoms with E-state index >= 15 is 0 Å². The van der Waals surface area contributed by atoms with E-state index in [0.29, 0.717) is 29.1 Å². The molecule has 134 valence electrons. The Morgan fingerprint density at radius 3 is 2.50 bits per heavy atom. The summed E-state index contributed by atoms with van der Waals surface area (Å²) in [5.41, 5.74) is 4.56. The number of hydrogen-bond acceptors (Lipinski definition) is 5. The van der Waals surface area contributed by atoms with Crippen molar-refractivity contribution < 1.29 is 18.8 Å². The third-order valence-corrected chi connectivity index (χ3v) is 4.17. The van der Waals surface area contributed by atoms with Crippen LogP contribution in [0.25, 0.3) is 11.0 Å². The molecule has 0 saturated heterocycles. The van der Waals surface area contributed by atoms with Crippen LogP contribution in [-0.2, 0) is 16.0 Å². The van der Waals surface area contributed by atoms with Gasteiger partial charge in [-0.3, -0.25) is 4.79 Å². The first-order valence-electron chi connectivity index (χ1n) is 8.40. The normalized spacial score (nSPS) is 10.7. The molecular formula is C20H20N2O4. The minimum absolute atomic E-state index is 0.106. The van der Waals surface area contributed by atoms with Crippen molar-refractivity contribution in [3.63, 3.8) is 0 Å². The second-order valence-electron chi connectivity index (χ2n) is 6.08. The fourth-order valence-electron chi connectivity index (χ4n) is 2.63. The Morgan fingerprint density at radius 2 is 1.81 bits per heavy atom. The number of nitrogens with zero attached hydrogens (tertiary/aromatic N) is 1. The fraction of sp³-hybridized carbons (Fsp3) is 0.250. The summed E-state index contributed by atoms with van der Waals surface area (Å²) in [7, 11) is 0. The van der Waals surface area contributed by atoms with Crippen molar-refractivity contribution in [3.8, 4) is 0 Å². The first-order chi connectivity index (χ1) is 12.5. The smallest absolute Gasteiger partial charge is 0.338 e. The van der Waals surface area contributed by atoms with Crippen LogP contribution in [0.5, 0.6) is 0 Å². The van der Waals surface area contributed by atoms with E-state index in [1.54, 1.807) is 31.2 Å². The molecule has 0 aliphatic carbocycles. The predicted octanol–water partition coefficient (Wildman–Crippen LogP) is 3.80. The summed E-state index contributed by atoms with van der Waals surface area (Å²) in [5, 5.41) is 7.66. The maximum absolute atomic E-state index is 12.3. The molecule has 0 bridgehead atoms. The number of carbonyl (C=O) groups excluding carboxylic acids is 2. The van der Waals surface area contributed by atoms with Gasteiger partial charge in [0.2, 0.25) is 5.91 Å². The number of benzene rings is 2. The van der Waals surface area contributed by atoms with Gasteiger partial charge in [0.25, 0.3) is 0 Å². The van der Waals surface area contributed by atoms with E-state index < -0.39 is 0 Å². The van der Waals surface area contributed by atoms with Crippen LogP contribution in [0.15, 0.2) is 40.9 Å². The van der Waals surface area contributed by atoms with E-state index in [9.17, 15) is 9.59 Å². The van der Waals surface area contributed by atoms with Gasteiger partial charge in [0.05, 0.1) is 18.6 Å². The lowest BCUT2D eigenvalue weighted by molar-refractivity contribution is -0.115. The molecule has 0 unspecified atom stereocenters. The Labute approximate surface area is 151 Å². The van der Waals surface area contributed by atoms with E-state index in [4.69, 9.17) is 9.26 Å². The molecule has 1 amide bonds. The molecular weight excluding hydrogens is 332 g/mol. The van der Waals surface area contributed by atoms with Crippen molar-refractivity contribution in [3.05, 3.63) is 58.8 Å². The Hall–Kier alpha value is -3.15. The number of carbonyl (C=O) groups is 2. The third kappa shape index (κ3) is 3.74. The summed E-state index contributed by atoms with van der Waals surface area (Å²) in [6.45, 7) is 6.09. The van der Waals surface area contributed by atoms with Crippen molar-refractivity contribution in [2.45, 2.75) is 27.2 Å². The van der Waals surface area contributed by atoms with Gasteiger partial charge in [0, 0.05) is 11.1 Å². The minimum Gasteiger partial charge on any atom is -0.462 e. The molecule has 6 heteroatoms. The first kappa shape index (κ1) is 17.7. The molecule has 26 heavy (non-hydrogen) atoms. The van der Waals surface area contributed by atoms with Crippen molar-refractivity contribution in [2.24, 2.45) is 0 Å². The summed E-state index contributed by atoms with van der Waals surface area (Å²) < 4.78 is 10.3. The van der Waals surface area contributed by atoms with E-state index in [1.807, 2.05) is 26.0 Å². The van der Waals surface area contributed by atoms with E-state index in [1.165, 1.54) is 0 Å². The summed E-state index contributed by atoms with van der Waals surface area (Å²) in [5.74, 6) is -0.590. The molecule has 1 aromatic heterocycles. The number of ether oxygens (including phenoxy) is 1. The van der Waals surface area contributed by atoms with E-state index in [0.717, 1.165) is 16.5 Å². The third-order valence-electron chi connectivity index (χ3n) is 4.17. The highest BCUT2D eigenvalue weighted by atomic mass is 16.5. The van der Waals surface area contributed by atoms with Gasteiger partial charge >= 0.3 is 5.97 Å². The van der Waals surface area contributed by atoms with Gasteiger partial charge < -0.3 is 14.6 Å². The standard InChI is InChI=1S/C20H20N2O4/c1-4-25-20(24)14-5-7-15(8-6-14)21-19(23)11-17-16-9-12(2)13(3)10-18(16)26-22-17/h5-10H,4,11H2,1-3H3,(H,21,23). The molecule has 1 heterocycles. The summed E-state index contributed by atoms with van der Waals surface area (Å²) in [4.78, 5) is 23.9. The molecule has 1 N–H and O–H groups in total. The van der Waals surface area contributed by atoms with Crippen LogP contribution < -0.4 is 5.32 Å². The second-order valence-corrected chi connectivity index (χ2v) is 6.08. The van der Waals surface area contributed by atoms with Gasteiger partial charge in [-0.25, -0.2) is 4.79 Å². The largest absolute Gasteiger partial charge is 0.462 e. The van der Waals surface area contributed by atoms with E-state index in [2.05, 4.69) is 10.5 Å². The van der Waals surface area contributed by atoms with Crippen molar-refractivity contribution in [1.82, 2.24) is 5.16 Å². The lowest BCUT2D eigenvalue weighted by Crippen LogP contribution is -2.15. The highest BCUT2D eigenvalue weighted by Gasteiger charge is 2.14. The molecule has 0 spiro atoms. The molecule has 3 aromatic rings. The Balaban J connectivity index is 1.69. The lowest BCUT2D eigenvalue weighted by Gasteiger charge is -2.06. The van der Waals surface area contributed by atoms with Gasteiger partial charge in [-0.1, -0.05) is 5.16 Å². The Kier molecular flexibility index (Phi) is 5.02. The molecule has 0 aliphatic rings. The van der Waals surface area contributed by atoms with Gasteiger partial charge in [-0.05, 0) is 68.3 Å². The summed E-state index contributed by atoms with van der Waals surface area (Å²) in [6, 6.07) is 10.5. The molecule has 0 fully saturated rings. The molecule has 3 rings (SSSR count). The number of hydrogen-bond donors (Lipinski definition) is 1.